The molecule has 8 bridgehead atoms. The molecule has 6 fully saturated rings. The van der Waals surface area contributed by atoms with Crippen molar-refractivity contribution in [3.8, 4) is 0 Å². The van der Waals surface area contributed by atoms with E-state index in [0.717, 1.165) is 0 Å². The van der Waals surface area contributed by atoms with E-state index in [1.165, 1.54) is 0 Å². The van der Waals surface area contributed by atoms with E-state index in [1.807, 2.05) is 0 Å². The lowest BCUT2D eigenvalue weighted by Gasteiger charge is -2.64. The molecule has 0 aliphatic carbocycles. The Bertz CT molecular complexity index is 1080. The molecule has 6 aliphatic heterocycles. The summed E-state index contributed by atoms with van der Waals surface area (Å²) in [5.41, 5.74) is 0. The third kappa shape index (κ3) is 10.2. The quantitative estimate of drug-likeness (QED) is 0.103. The van der Waals surface area contributed by atoms with E-state index < -0.39 is 70.4 Å². The normalized spacial score (nSPS) is 41.9. The second kappa shape index (κ2) is 16.3. The van der Waals surface area contributed by atoms with Crippen LogP contribution >= 0.6 is 11.6 Å². The monoisotopic (exact) mass is 892 g/mol. The van der Waals surface area contributed by atoms with Gasteiger partial charge in [0.05, 0.1) is 0 Å². The summed E-state index contributed by atoms with van der Waals surface area (Å²) in [7, 11) is -31.0. The van der Waals surface area contributed by atoms with Gasteiger partial charge in [0.25, 0.3) is 0 Å². The summed E-state index contributed by atoms with van der Waals surface area (Å²) in [5.74, 6) is 1.33. The van der Waals surface area contributed by atoms with Gasteiger partial charge < -0.3 is 49.4 Å². The predicted octanol–water partition coefficient (Wildman–Crippen LogP) is 8.99. The van der Waals surface area contributed by atoms with Crippen molar-refractivity contribution < 1.29 is 49.4 Å². The lowest BCUT2D eigenvalue weighted by molar-refractivity contribution is -0.0340. The average Bonchev–Trinajstić information content (AvgIpc) is 2.84. The minimum Gasteiger partial charge on any atom is -0.373 e. The van der Waals surface area contributed by atoms with Gasteiger partial charge in [-0.3, -0.25) is 0 Å². The molecular weight excluding hydrogens is 824 g/mol. The summed E-state index contributed by atoms with van der Waals surface area (Å²) in [5, 5.41) is 0. The first-order valence-corrected chi connectivity index (χ1v) is 35.9. The molecule has 6 rings (SSSR count). The molecule has 21 heteroatoms. The summed E-state index contributed by atoms with van der Waals surface area (Å²) in [6, 6.07) is 3.85. The van der Waals surface area contributed by atoms with E-state index in [4.69, 9.17) is 61.0 Å². The zero-order valence-electron chi connectivity index (χ0n) is 34.4. The highest BCUT2D eigenvalue weighted by molar-refractivity contribution is 7.03. The summed E-state index contributed by atoms with van der Waals surface area (Å²) in [4.78, 5) is 0. The fourth-order valence-corrected chi connectivity index (χ4v) is 60.1. The summed E-state index contributed by atoms with van der Waals surface area (Å²) < 4.78 is 92.5. The predicted molar refractivity (Wildman–Crippen MR) is 217 cm³/mol. The SMILES string of the molecule is CC(C)C[Si]12O[Si]3(CCCCl)O[Si]4(CC(C)C)O[Si](CC(C)C)(O1)O[Si]1(CC(C)C)O[Si](CC(C)C)(O2)O[Si](CC(C)C)(O3)O[Si](CC(C)C)(O4)O1. The molecule has 0 radical (unpaired) electrons. The van der Waals surface area contributed by atoms with Crippen LogP contribution in [0.1, 0.15) is 103 Å². The Morgan fingerprint density at radius 3 is 0.577 bits per heavy atom. The number of hydrogen-bond donors (Lipinski definition) is 0. The van der Waals surface area contributed by atoms with Crippen molar-refractivity contribution in [3.63, 3.8) is 0 Å². The van der Waals surface area contributed by atoms with Crippen molar-refractivity contribution in [1.29, 1.82) is 0 Å². The molecule has 0 unspecified atom stereocenters. The zero-order chi connectivity index (χ0) is 38.6. The third-order valence-corrected chi connectivity index (χ3v) is 49.3. The molecule has 0 N–H and O–H groups in total. The van der Waals surface area contributed by atoms with Gasteiger partial charge in [-0.05, 0) is 47.8 Å². The average molecular weight is 894 g/mol. The molecule has 0 aromatic rings. The molecule has 0 atom stereocenters. The minimum atomic E-state index is -3.89. The summed E-state index contributed by atoms with van der Waals surface area (Å²) in [6.45, 7) is 30.3. The summed E-state index contributed by atoms with van der Waals surface area (Å²) in [6.07, 6.45) is 0.587. The van der Waals surface area contributed by atoms with E-state index in [1.54, 1.807) is 0 Å². The van der Waals surface area contributed by atoms with Gasteiger partial charge in [-0.25, -0.2) is 0 Å². The molecule has 304 valence electrons. The molecule has 6 saturated heterocycles. The molecule has 12 nitrogen and oxygen atoms in total. The highest BCUT2D eigenvalue weighted by Crippen LogP contribution is 2.55. The standard InChI is InChI=1S/C31H69ClO12Si8/c1-25(2)18-46-33-45(17-15-16-32)34-47(19-26(3)4)38-49(36-46,21-28(7)8)42-52(24-31(13)14)43-50(37-46,22-29(9)10)39-48(35-45,20-27(5)6)41-51(40-47,44-52)23-30(11)12/h25-31H,15-24H2,1-14H3. The highest BCUT2D eigenvalue weighted by Gasteiger charge is 2.83. The fourth-order valence-electron chi connectivity index (χ4n) is 8.15. The second-order valence-corrected chi connectivity index (χ2v) is 43.1. The van der Waals surface area contributed by atoms with Gasteiger partial charge >= 0.3 is 70.4 Å². The first-order chi connectivity index (χ1) is 24.0. The van der Waals surface area contributed by atoms with Gasteiger partial charge in [0.15, 0.2) is 0 Å². The van der Waals surface area contributed by atoms with Crippen LogP contribution in [0.25, 0.3) is 0 Å². The largest absolute Gasteiger partial charge is 0.479 e. The van der Waals surface area contributed by atoms with Crippen LogP contribution in [0.15, 0.2) is 0 Å². The van der Waals surface area contributed by atoms with Crippen molar-refractivity contribution in [1.82, 2.24) is 0 Å². The van der Waals surface area contributed by atoms with E-state index in [9.17, 15) is 0 Å². The van der Waals surface area contributed by atoms with Crippen LogP contribution in [-0.4, -0.2) is 76.3 Å². The van der Waals surface area contributed by atoms with Crippen molar-refractivity contribution in [2.24, 2.45) is 41.4 Å². The maximum absolute atomic E-state index is 7.72. The number of hydrogen-bond acceptors (Lipinski definition) is 12. The molecule has 0 aromatic heterocycles. The Morgan fingerprint density at radius 1 is 0.288 bits per heavy atom. The fraction of sp³-hybridized carbons (Fsp3) is 1.00. The van der Waals surface area contributed by atoms with Crippen LogP contribution in [0.5, 0.6) is 0 Å². The van der Waals surface area contributed by atoms with Crippen LogP contribution in [0, 0.1) is 41.4 Å². The number of halogens is 1. The Morgan fingerprint density at radius 2 is 0.442 bits per heavy atom. The Labute approximate surface area is 328 Å². The summed E-state index contributed by atoms with van der Waals surface area (Å²) >= 11 is 6.49. The molecule has 52 heavy (non-hydrogen) atoms. The first-order valence-electron chi connectivity index (χ1n) is 19.9. The lowest BCUT2D eigenvalue weighted by atomic mass is 10.3. The topological polar surface area (TPSA) is 111 Å². The number of rotatable bonds is 17. The molecular formula is C31H69ClO12Si8. The van der Waals surface area contributed by atoms with E-state index in [-0.39, 0.29) is 41.4 Å². The Balaban J connectivity index is 1.96. The third-order valence-electron chi connectivity index (χ3n) is 8.96. The maximum atomic E-state index is 7.72. The van der Waals surface area contributed by atoms with Gasteiger partial charge in [0.2, 0.25) is 0 Å². The van der Waals surface area contributed by atoms with Crippen LogP contribution in [0.4, 0.5) is 0 Å². The van der Waals surface area contributed by atoms with Crippen molar-refractivity contribution in [3.05, 3.63) is 0 Å². The Kier molecular flexibility index (Phi) is 14.0. The second-order valence-electron chi connectivity index (χ2n) is 18.7. The molecule has 6 heterocycles. The van der Waals surface area contributed by atoms with Gasteiger partial charge in [-0.2, -0.15) is 0 Å². The van der Waals surface area contributed by atoms with Crippen molar-refractivity contribution >= 4 is 82.0 Å². The van der Waals surface area contributed by atoms with Crippen LogP contribution < -0.4 is 0 Å². The molecule has 0 spiro atoms. The maximum Gasteiger partial charge on any atom is 0.479 e. The van der Waals surface area contributed by atoms with Crippen molar-refractivity contribution in [2.75, 3.05) is 5.88 Å². The van der Waals surface area contributed by atoms with Crippen LogP contribution in [0.3, 0.4) is 0 Å². The first kappa shape index (κ1) is 44.6. The molecule has 0 saturated carbocycles. The highest BCUT2D eigenvalue weighted by atomic mass is 35.5. The van der Waals surface area contributed by atoms with E-state index in [2.05, 4.69) is 96.9 Å². The lowest BCUT2D eigenvalue weighted by Crippen LogP contribution is -2.88. The number of alkyl halides is 1. The van der Waals surface area contributed by atoms with Gasteiger partial charge in [-0.15, -0.1) is 11.6 Å². The Hall–Kier alpha value is 1.55. The molecule has 6 aliphatic rings. The smallest absolute Gasteiger partial charge is 0.373 e. The zero-order valence-corrected chi connectivity index (χ0v) is 43.1. The molecule has 0 amide bonds. The van der Waals surface area contributed by atoms with Gasteiger partial charge in [0.1, 0.15) is 0 Å². The van der Waals surface area contributed by atoms with Crippen LogP contribution in [0.2, 0.25) is 48.4 Å². The van der Waals surface area contributed by atoms with Gasteiger partial charge in [-0.1, -0.05) is 96.9 Å². The van der Waals surface area contributed by atoms with Crippen LogP contribution in [-0.2, 0) is 49.4 Å². The molecule has 0 aromatic carbocycles. The van der Waals surface area contributed by atoms with Gasteiger partial charge in [0, 0.05) is 54.2 Å². The van der Waals surface area contributed by atoms with Crippen molar-refractivity contribution in [2.45, 2.75) is 152 Å². The van der Waals surface area contributed by atoms with E-state index in [0.29, 0.717) is 60.7 Å². The van der Waals surface area contributed by atoms with E-state index >= 15 is 0 Å². The minimum absolute atomic E-state index is 0.129.